The van der Waals surface area contributed by atoms with Gasteiger partial charge in [0, 0.05) is 23.0 Å². The third kappa shape index (κ3) is 3.28. The van der Waals surface area contributed by atoms with Crippen molar-refractivity contribution in [3.05, 3.63) is 76.3 Å². The number of carbonyl (C=O) groups excluding carboxylic acids is 1. The summed E-state index contributed by atoms with van der Waals surface area (Å²) >= 11 is 0. The van der Waals surface area contributed by atoms with Crippen LogP contribution in [0.3, 0.4) is 0 Å². The first-order valence-corrected chi connectivity index (χ1v) is 7.67. The molecule has 2 aromatic heterocycles. The number of aromatic nitrogens is 2. The number of halogens is 2. The molecule has 0 aliphatic carbocycles. The van der Waals surface area contributed by atoms with Gasteiger partial charge in [-0.3, -0.25) is 9.36 Å². The van der Waals surface area contributed by atoms with E-state index in [1.54, 1.807) is 6.08 Å². The molecule has 0 bridgehead atoms. The molecule has 128 valence electrons. The van der Waals surface area contributed by atoms with Gasteiger partial charge in [-0.2, -0.15) is 0 Å². The van der Waals surface area contributed by atoms with E-state index in [-0.39, 0.29) is 5.56 Å². The van der Waals surface area contributed by atoms with Crippen molar-refractivity contribution in [3.8, 4) is 5.82 Å². The van der Waals surface area contributed by atoms with E-state index in [1.807, 2.05) is 37.5 Å². The molecule has 6 heteroatoms. The molecule has 0 atom stereocenters. The maximum Gasteiger partial charge on any atom is 0.185 e. The fourth-order valence-corrected chi connectivity index (χ4v) is 2.68. The molecule has 3 rings (SSSR count). The summed E-state index contributed by atoms with van der Waals surface area (Å²) in [6.07, 6.45) is 2.99. The highest BCUT2D eigenvalue weighted by molar-refractivity contribution is 6.06. The lowest BCUT2D eigenvalue weighted by molar-refractivity contribution is 0.104. The van der Waals surface area contributed by atoms with Crippen LogP contribution in [0.25, 0.3) is 11.9 Å². The Balaban J connectivity index is 1.89. The van der Waals surface area contributed by atoms with E-state index in [0.717, 1.165) is 29.1 Å². The first-order valence-electron chi connectivity index (χ1n) is 7.67. The molecule has 0 N–H and O–H groups in total. The summed E-state index contributed by atoms with van der Waals surface area (Å²) in [5.74, 6) is -1.06. The third-order valence-corrected chi connectivity index (χ3v) is 3.93. The highest BCUT2D eigenvalue weighted by Gasteiger charge is 2.13. The van der Waals surface area contributed by atoms with Crippen LogP contribution in [0.1, 0.15) is 33.1 Å². The maximum atomic E-state index is 13.2. The molecule has 0 fully saturated rings. The molecule has 0 spiro atoms. The molecule has 0 saturated heterocycles. The Labute approximate surface area is 143 Å². The van der Waals surface area contributed by atoms with Crippen molar-refractivity contribution in [1.29, 1.82) is 0 Å². The van der Waals surface area contributed by atoms with Gasteiger partial charge in [-0.25, -0.2) is 8.78 Å². The first-order chi connectivity index (χ1) is 11.9. The van der Waals surface area contributed by atoms with Crippen LogP contribution in [0.4, 0.5) is 8.78 Å². The third-order valence-electron chi connectivity index (χ3n) is 3.93. The van der Waals surface area contributed by atoms with Crippen LogP contribution in [0.2, 0.25) is 0 Å². The monoisotopic (exact) mass is 342 g/mol. The summed E-state index contributed by atoms with van der Waals surface area (Å²) in [6.45, 7) is 5.64. The van der Waals surface area contributed by atoms with Crippen LogP contribution in [-0.2, 0) is 0 Å². The fraction of sp³-hybridized carbons (Fsp3) is 0.158. The average Bonchev–Trinajstić information content (AvgIpc) is 3.10. The Morgan fingerprint density at radius 2 is 1.88 bits per heavy atom. The van der Waals surface area contributed by atoms with Gasteiger partial charge < -0.3 is 4.52 Å². The predicted molar refractivity (Wildman–Crippen MR) is 89.8 cm³/mol. The summed E-state index contributed by atoms with van der Waals surface area (Å²) in [6, 6.07) is 6.82. The van der Waals surface area contributed by atoms with Crippen molar-refractivity contribution in [3.63, 3.8) is 0 Å². The number of nitrogens with zero attached hydrogens (tertiary/aromatic N) is 2. The largest absolute Gasteiger partial charge is 0.360 e. The van der Waals surface area contributed by atoms with Crippen LogP contribution in [0.15, 0.2) is 40.9 Å². The topological polar surface area (TPSA) is 48.0 Å². The van der Waals surface area contributed by atoms with Crippen molar-refractivity contribution in [2.24, 2.45) is 0 Å². The summed E-state index contributed by atoms with van der Waals surface area (Å²) in [4.78, 5) is 12.1. The zero-order valence-corrected chi connectivity index (χ0v) is 14.0. The summed E-state index contributed by atoms with van der Waals surface area (Å²) in [7, 11) is 0. The van der Waals surface area contributed by atoms with E-state index in [0.29, 0.717) is 11.6 Å². The second kappa shape index (κ2) is 6.47. The zero-order valence-electron chi connectivity index (χ0n) is 14.0. The molecule has 1 aromatic carbocycles. The summed E-state index contributed by atoms with van der Waals surface area (Å²) in [5, 5.41) is 4.00. The molecule has 4 nitrogen and oxygen atoms in total. The summed E-state index contributed by atoms with van der Waals surface area (Å²) in [5.41, 5.74) is 2.75. The van der Waals surface area contributed by atoms with Crippen molar-refractivity contribution in [2.75, 3.05) is 0 Å². The second-order valence-corrected chi connectivity index (χ2v) is 5.78. The Hall–Kier alpha value is -3.02. The van der Waals surface area contributed by atoms with Gasteiger partial charge in [-0.15, -0.1) is 0 Å². The lowest BCUT2D eigenvalue weighted by atomic mass is 10.1. The molecule has 0 aliphatic rings. The predicted octanol–water partition coefficient (Wildman–Crippen LogP) is 4.56. The normalized spacial score (nSPS) is 11.4. The number of aryl methyl sites for hydroxylation is 2. The molecule has 3 aromatic rings. The Morgan fingerprint density at radius 3 is 2.52 bits per heavy atom. The molecule has 0 amide bonds. The molecule has 0 unspecified atom stereocenters. The molecular formula is C19H16F2N2O2. The van der Waals surface area contributed by atoms with E-state index in [9.17, 15) is 13.6 Å². The van der Waals surface area contributed by atoms with E-state index >= 15 is 0 Å². The standard InChI is InChI=1S/C19H16F2N2O2/c1-11-8-14(13(3)23(11)19-9-12(2)25-22-19)5-7-18(24)15-4-6-16(20)17(21)10-15/h4-10H,1-3H3. The average molecular weight is 342 g/mol. The summed E-state index contributed by atoms with van der Waals surface area (Å²) < 4.78 is 33.2. The molecule has 0 aliphatic heterocycles. The Bertz CT molecular complexity index is 983. The second-order valence-electron chi connectivity index (χ2n) is 5.78. The molecule has 0 saturated carbocycles. The SMILES string of the molecule is Cc1cc(-n2c(C)cc(C=CC(=O)c3ccc(F)c(F)c3)c2C)no1. The van der Waals surface area contributed by atoms with Crippen LogP contribution in [0, 0.1) is 32.4 Å². The van der Waals surface area contributed by atoms with E-state index in [2.05, 4.69) is 5.16 Å². The highest BCUT2D eigenvalue weighted by atomic mass is 19.2. The number of ketones is 1. The lowest BCUT2D eigenvalue weighted by Gasteiger charge is -2.03. The van der Waals surface area contributed by atoms with E-state index in [1.165, 1.54) is 12.1 Å². The maximum absolute atomic E-state index is 13.2. The van der Waals surface area contributed by atoms with Crippen LogP contribution in [0.5, 0.6) is 0 Å². The number of carbonyl (C=O) groups is 1. The molecule has 2 heterocycles. The smallest absolute Gasteiger partial charge is 0.185 e. The first kappa shape index (κ1) is 16.8. The Kier molecular flexibility index (Phi) is 4.35. The van der Waals surface area contributed by atoms with Gasteiger partial charge in [0.1, 0.15) is 5.76 Å². The number of rotatable bonds is 4. The highest BCUT2D eigenvalue weighted by Crippen LogP contribution is 2.22. The molecule has 25 heavy (non-hydrogen) atoms. The van der Waals surface area contributed by atoms with Gasteiger partial charge in [-0.05, 0) is 62.8 Å². The van der Waals surface area contributed by atoms with E-state index in [4.69, 9.17) is 4.52 Å². The number of hydrogen-bond acceptors (Lipinski definition) is 3. The van der Waals surface area contributed by atoms with Crippen LogP contribution < -0.4 is 0 Å². The van der Waals surface area contributed by atoms with Crippen molar-refractivity contribution < 1.29 is 18.1 Å². The van der Waals surface area contributed by atoms with Gasteiger partial charge in [0.15, 0.2) is 23.2 Å². The molecular weight excluding hydrogens is 326 g/mol. The van der Waals surface area contributed by atoms with Crippen LogP contribution >= 0.6 is 0 Å². The zero-order chi connectivity index (χ0) is 18.1. The Morgan fingerprint density at radius 1 is 1.12 bits per heavy atom. The van der Waals surface area contributed by atoms with Crippen molar-refractivity contribution in [2.45, 2.75) is 20.8 Å². The van der Waals surface area contributed by atoms with E-state index < -0.39 is 17.4 Å². The minimum Gasteiger partial charge on any atom is -0.360 e. The minimum absolute atomic E-state index is 0.0936. The number of benzene rings is 1. The minimum atomic E-state index is -1.04. The van der Waals surface area contributed by atoms with Gasteiger partial charge in [0.2, 0.25) is 0 Å². The molecule has 0 radical (unpaired) electrons. The fourth-order valence-electron chi connectivity index (χ4n) is 2.68. The quantitative estimate of drug-likeness (QED) is 0.516. The lowest BCUT2D eigenvalue weighted by Crippen LogP contribution is -1.99. The number of hydrogen-bond donors (Lipinski definition) is 0. The van der Waals surface area contributed by atoms with Gasteiger partial charge in [0.05, 0.1) is 0 Å². The number of allylic oxidation sites excluding steroid dienone is 1. The van der Waals surface area contributed by atoms with Gasteiger partial charge >= 0.3 is 0 Å². The van der Waals surface area contributed by atoms with Crippen molar-refractivity contribution >= 4 is 11.9 Å². The van der Waals surface area contributed by atoms with Gasteiger partial charge in [0.25, 0.3) is 0 Å². The van der Waals surface area contributed by atoms with Crippen molar-refractivity contribution in [1.82, 2.24) is 9.72 Å². The van der Waals surface area contributed by atoms with Gasteiger partial charge in [-0.1, -0.05) is 5.16 Å². The van der Waals surface area contributed by atoms with Crippen LogP contribution in [-0.4, -0.2) is 15.5 Å².